The van der Waals surface area contributed by atoms with Crippen LogP contribution in [0.4, 0.5) is 13.2 Å². The van der Waals surface area contributed by atoms with Gasteiger partial charge >= 0.3 is 6.36 Å². The Morgan fingerprint density at radius 3 is 2.05 bits per heavy atom. The summed E-state index contributed by atoms with van der Waals surface area (Å²) in [6.45, 7) is 1.57. The van der Waals surface area contributed by atoms with Crippen molar-refractivity contribution in [3.05, 3.63) is 17.7 Å². The molecule has 3 rings (SSSR count). The lowest BCUT2D eigenvalue weighted by Crippen LogP contribution is -2.20. The van der Waals surface area contributed by atoms with Crippen molar-refractivity contribution in [2.75, 3.05) is 0 Å². The largest absolute Gasteiger partial charge is 0.573 e. The van der Waals surface area contributed by atoms with Crippen molar-refractivity contribution in [3.63, 3.8) is 0 Å². The minimum absolute atomic E-state index is 0.0369. The summed E-state index contributed by atoms with van der Waals surface area (Å²) in [4.78, 5) is 0. The number of ether oxygens (including phenoxy) is 3. The van der Waals surface area contributed by atoms with Gasteiger partial charge in [-0.15, -0.1) is 13.2 Å². The summed E-state index contributed by atoms with van der Waals surface area (Å²) in [7, 11) is 0. The second-order valence-corrected chi connectivity index (χ2v) is 5.91. The topological polar surface area (TPSA) is 27.7 Å². The molecule has 2 aliphatic carbocycles. The molecule has 2 aliphatic rings. The first-order valence-electron chi connectivity index (χ1n) is 7.65. The Hall–Kier alpha value is -1.59. The van der Waals surface area contributed by atoms with Crippen molar-refractivity contribution in [1.29, 1.82) is 0 Å². The minimum atomic E-state index is -4.75. The molecule has 0 bridgehead atoms. The van der Waals surface area contributed by atoms with Crippen molar-refractivity contribution < 1.29 is 27.4 Å². The van der Waals surface area contributed by atoms with Crippen LogP contribution in [0.2, 0.25) is 0 Å². The van der Waals surface area contributed by atoms with Crippen LogP contribution in [0.3, 0.4) is 0 Å². The third-order valence-corrected chi connectivity index (χ3v) is 3.95. The summed E-state index contributed by atoms with van der Waals surface area (Å²) in [5, 5.41) is 0. The molecule has 0 aliphatic heterocycles. The average Bonchev–Trinajstić information content (AvgIpc) is 3.10. The molecule has 22 heavy (non-hydrogen) atoms. The van der Waals surface area contributed by atoms with Gasteiger partial charge in [-0.1, -0.05) is 0 Å². The third kappa shape index (κ3) is 3.78. The van der Waals surface area contributed by atoms with E-state index in [-0.39, 0.29) is 23.7 Å². The zero-order chi connectivity index (χ0) is 15.7. The molecule has 1 aromatic rings. The van der Waals surface area contributed by atoms with Gasteiger partial charge in [0, 0.05) is 5.56 Å². The average molecular weight is 316 g/mol. The van der Waals surface area contributed by atoms with E-state index in [9.17, 15) is 13.2 Å². The fourth-order valence-electron chi connectivity index (χ4n) is 2.66. The molecular formula is C16H19F3O3. The molecule has 0 heterocycles. The molecule has 0 spiro atoms. The van der Waals surface area contributed by atoms with Crippen LogP contribution >= 0.6 is 0 Å². The highest BCUT2D eigenvalue weighted by atomic mass is 19.4. The molecular weight excluding hydrogens is 297 g/mol. The molecule has 0 aromatic heterocycles. The van der Waals surface area contributed by atoms with Gasteiger partial charge in [0.25, 0.3) is 0 Å². The number of rotatable bonds is 5. The van der Waals surface area contributed by atoms with Gasteiger partial charge in [0.2, 0.25) is 0 Å². The lowest BCUT2D eigenvalue weighted by Gasteiger charge is -2.21. The number of benzene rings is 1. The third-order valence-electron chi connectivity index (χ3n) is 3.95. The number of alkyl halides is 3. The van der Waals surface area contributed by atoms with Crippen LogP contribution in [-0.2, 0) is 0 Å². The van der Waals surface area contributed by atoms with Crippen molar-refractivity contribution >= 4 is 0 Å². The Labute approximate surface area is 127 Å². The van der Waals surface area contributed by atoms with E-state index < -0.39 is 6.36 Å². The highest BCUT2D eigenvalue weighted by Crippen LogP contribution is 2.42. The molecule has 122 valence electrons. The minimum Gasteiger partial charge on any atom is -0.490 e. The van der Waals surface area contributed by atoms with E-state index >= 15 is 0 Å². The van der Waals surface area contributed by atoms with Gasteiger partial charge in [-0.25, -0.2) is 0 Å². The Morgan fingerprint density at radius 2 is 1.45 bits per heavy atom. The molecule has 0 atom stereocenters. The molecule has 6 heteroatoms. The Bertz CT molecular complexity index is 532. The fraction of sp³-hybridized carbons (Fsp3) is 0.625. The molecule has 0 N–H and O–H groups in total. The van der Waals surface area contributed by atoms with Crippen molar-refractivity contribution in [3.8, 4) is 17.2 Å². The predicted octanol–water partition coefficient (Wildman–Crippen LogP) is 4.76. The van der Waals surface area contributed by atoms with E-state index in [1.165, 1.54) is 6.07 Å². The summed E-state index contributed by atoms with van der Waals surface area (Å²) < 4.78 is 53.7. The Kier molecular flexibility index (Phi) is 4.10. The number of hydrogen-bond acceptors (Lipinski definition) is 3. The van der Waals surface area contributed by atoms with E-state index in [2.05, 4.69) is 4.74 Å². The van der Waals surface area contributed by atoms with E-state index in [1.54, 1.807) is 13.0 Å². The highest BCUT2D eigenvalue weighted by Gasteiger charge is 2.35. The maximum atomic E-state index is 12.7. The highest BCUT2D eigenvalue weighted by molar-refractivity contribution is 5.53. The van der Waals surface area contributed by atoms with Crippen LogP contribution in [0, 0.1) is 6.92 Å². The number of halogens is 3. The van der Waals surface area contributed by atoms with Gasteiger partial charge in [0.05, 0.1) is 12.2 Å². The molecule has 2 fully saturated rings. The lowest BCUT2D eigenvalue weighted by atomic mass is 10.1. The van der Waals surface area contributed by atoms with Gasteiger partial charge in [0.15, 0.2) is 11.5 Å². The van der Waals surface area contributed by atoms with E-state index in [1.807, 2.05) is 0 Å². The molecule has 0 saturated heterocycles. The Morgan fingerprint density at radius 1 is 0.909 bits per heavy atom. The van der Waals surface area contributed by atoms with E-state index in [0.717, 1.165) is 38.5 Å². The summed E-state index contributed by atoms with van der Waals surface area (Å²) in [6.07, 6.45) is 1.02. The molecule has 3 nitrogen and oxygen atoms in total. The van der Waals surface area contributed by atoms with E-state index in [0.29, 0.717) is 11.3 Å². The first-order chi connectivity index (χ1) is 10.4. The fourth-order valence-corrected chi connectivity index (χ4v) is 2.66. The first kappa shape index (κ1) is 15.3. The van der Waals surface area contributed by atoms with Crippen LogP contribution < -0.4 is 14.2 Å². The predicted molar refractivity (Wildman–Crippen MR) is 74.4 cm³/mol. The summed E-state index contributed by atoms with van der Waals surface area (Å²) in [5.41, 5.74) is 0.333. The van der Waals surface area contributed by atoms with Gasteiger partial charge in [0.1, 0.15) is 5.75 Å². The SMILES string of the molecule is Cc1c(OC2CC2)ccc(OC2CCCC2)c1OC(F)(F)F. The maximum absolute atomic E-state index is 12.7. The Balaban J connectivity index is 1.86. The first-order valence-corrected chi connectivity index (χ1v) is 7.65. The lowest BCUT2D eigenvalue weighted by molar-refractivity contribution is -0.275. The zero-order valence-electron chi connectivity index (χ0n) is 12.4. The smallest absolute Gasteiger partial charge is 0.490 e. The molecule has 0 radical (unpaired) electrons. The quantitative estimate of drug-likeness (QED) is 0.784. The molecule has 0 amide bonds. The maximum Gasteiger partial charge on any atom is 0.573 e. The van der Waals surface area contributed by atoms with Crippen LogP contribution in [-0.4, -0.2) is 18.6 Å². The summed E-state index contributed by atoms with van der Waals surface area (Å²) >= 11 is 0. The van der Waals surface area contributed by atoms with E-state index in [4.69, 9.17) is 9.47 Å². The van der Waals surface area contributed by atoms with Crippen LogP contribution in [0.5, 0.6) is 17.2 Å². The zero-order valence-corrected chi connectivity index (χ0v) is 12.4. The standard InChI is InChI=1S/C16H19F3O3/c1-10-13(20-12-6-7-12)8-9-14(15(10)22-16(17,18)19)21-11-4-2-3-5-11/h8-9,11-12H,2-7H2,1H3. The van der Waals surface area contributed by atoms with Crippen molar-refractivity contribution in [1.82, 2.24) is 0 Å². The second kappa shape index (κ2) is 5.89. The van der Waals surface area contributed by atoms with Gasteiger partial charge < -0.3 is 14.2 Å². The normalized spacial score (nSPS) is 19.3. The summed E-state index contributed by atoms with van der Waals surface area (Å²) in [6, 6.07) is 3.19. The molecule has 0 unspecified atom stereocenters. The van der Waals surface area contributed by atoms with Crippen molar-refractivity contribution in [2.45, 2.75) is 64.0 Å². The van der Waals surface area contributed by atoms with Crippen LogP contribution in [0.1, 0.15) is 44.1 Å². The van der Waals surface area contributed by atoms with Crippen LogP contribution in [0.25, 0.3) is 0 Å². The monoisotopic (exact) mass is 316 g/mol. The van der Waals surface area contributed by atoms with Gasteiger partial charge in [-0.2, -0.15) is 0 Å². The van der Waals surface area contributed by atoms with Gasteiger partial charge in [-0.05, 0) is 57.6 Å². The second-order valence-electron chi connectivity index (χ2n) is 5.91. The molecule has 2 saturated carbocycles. The number of hydrogen-bond donors (Lipinski definition) is 0. The molecule has 1 aromatic carbocycles. The van der Waals surface area contributed by atoms with Crippen LogP contribution in [0.15, 0.2) is 12.1 Å². The van der Waals surface area contributed by atoms with Crippen molar-refractivity contribution in [2.24, 2.45) is 0 Å². The summed E-state index contributed by atoms with van der Waals surface area (Å²) in [5.74, 6) is 0.294. The van der Waals surface area contributed by atoms with Gasteiger partial charge in [-0.3, -0.25) is 0 Å².